The Kier molecular flexibility index (Phi) is 4.72. The first-order valence-electron chi connectivity index (χ1n) is 18.6. The minimum absolute atomic E-state index is 0.00193. The summed E-state index contributed by atoms with van der Waals surface area (Å²) in [5, 5.41) is 5.30. The Morgan fingerprint density at radius 2 is 1.13 bits per heavy atom. The molecule has 0 N–H and O–H groups in total. The van der Waals surface area contributed by atoms with Gasteiger partial charge in [-0.05, 0) is 78.8 Å². The van der Waals surface area contributed by atoms with E-state index in [-0.39, 0.29) is 6.85 Å². The summed E-state index contributed by atoms with van der Waals surface area (Å²) in [5.41, 5.74) is 19.7. The zero-order valence-corrected chi connectivity index (χ0v) is 29.3. The lowest BCUT2D eigenvalue weighted by Gasteiger charge is -2.49. The number of thiophene rings is 1. The number of rotatable bonds is 0. The molecule has 4 heteroatoms. The van der Waals surface area contributed by atoms with Gasteiger partial charge in [0.1, 0.15) is 0 Å². The van der Waals surface area contributed by atoms with Crippen molar-refractivity contribution in [2.45, 2.75) is 5.41 Å². The van der Waals surface area contributed by atoms with Crippen molar-refractivity contribution in [2.75, 3.05) is 4.90 Å². The summed E-state index contributed by atoms with van der Waals surface area (Å²) >= 11 is 1.94. The van der Waals surface area contributed by atoms with Crippen LogP contribution in [0, 0.1) is 0 Å². The van der Waals surface area contributed by atoms with E-state index < -0.39 is 5.41 Å². The van der Waals surface area contributed by atoms with Gasteiger partial charge in [0.15, 0.2) is 0 Å². The summed E-state index contributed by atoms with van der Waals surface area (Å²) in [6, 6.07) is 62.3. The van der Waals surface area contributed by atoms with Crippen LogP contribution in [0.3, 0.4) is 0 Å². The van der Waals surface area contributed by atoms with E-state index in [9.17, 15) is 0 Å². The predicted molar refractivity (Wildman–Crippen MR) is 224 cm³/mol. The van der Waals surface area contributed by atoms with E-state index >= 15 is 0 Å². The Morgan fingerprint density at radius 1 is 0.491 bits per heavy atom. The summed E-state index contributed by atoms with van der Waals surface area (Å²) in [7, 11) is 0. The van der Waals surface area contributed by atoms with Crippen LogP contribution < -0.4 is 15.8 Å². The van der Waals surface area contributed by atoms with Gasteiger partial charge in [0, 0.05) is 37.9 Å². The Bertz CT molecular complexity index is 3280. The number of aromatic nitrogens is 1. The highest BCUT2D eigenvalue weighted by atomic mass is 32.1. The zero-order valence-electron chi connectivity index (χ0n) is 28.5. The van der Waals surface area contributed by atoms with Gasteiger partial charge in [-0.1, -0.05) is 146 Å². The number of hydrogen-bond donors (Lipinski definition) is 0. The van der Waals surface area contributed by atoms with Crippen molar-refractivity contribution in [3.8, 4) is 22.3 Å². The molecule has 4 aliphatic rings. The van der Waals surface area contributed by atoms with Crippen LogP contribution in [-0.4, -0.2) is 11.3 Å². The van der Waals surface area contributed by atoms with Gasteiger partial charge in [-0.3, -0.25) is 0 Å². The van der Waals surface area contributed by atoms with Crippen LogP contribution in [-0.2, 0) is 5.41 Å². The quantitative estimate of drug-likeness (QED) is 0.144. The maximum absolute atomic E-state index is 2.75. The molecule has 0 atom stereocenters. The molecule has 3 aliphatic heterocycles. The van der Waals surface area contributed by atoms with Crippen LogP contribution in [0.2, 0.25) is 0 Å². The van der Waals surface area contributed by atoms with Crippen LogP contribution in [0.15, 0.2) is 164 Å². The first-order valence-corrected chi connectivity index (χ1v) is 19.4. The standard InChI is InChI=1S/C49H27BN2S/c1-2-14-29-28(13-1)27-41-44-43(29)33-18-11-19-34-45(33)52(46-32-17-5-10-26-42(32)53-48(34)46)50(44)39-24-12-23-38-47(39)51(41)40-25-9-8-22-37(40)49(38)35-20-6-3-15-30(35)31-16-4-7-21-36(31)49/h1-27H. The van der Waals surface area contributed by atoms with Crippen molar-refractivity contribution >= 4 is 88.2 Å². The van der Waals surface area contributed by atoms with E-state index in [4.69, 9.17) is 0 Å². The van der Waals surface area contributed by atoms with Crippen LogP contribution in [0.1, 0.15) is 22.3 Å². The van der Waals surface area contributed by atoms with Crippen LogP contribution in [0.25, 0.3) is 64.2 Å². The summed E-state index contributed by atoms with van der Waals surface area (Å²) in [4.78, 5) is 2.65. The molecule has 10 aromatic rings. The highest BCUT2D eigenvalue weighted by Crippen LogP contribution is 2.64. The van der Waals surface area contributed by atoms with Crippen molar-refractivity contribution < 1.29 is 0 Å². The number of para-hydroxylation sites is 3. The van der Waals surface area contributed by atoms with Gasteiger partial charge in [-0.15, -0.1) is 11.3 Å². The van der Waals surface area contributed by atoms with Gasteiger partial charge in [-0.2, -0.15) is 0 Å². The molecule has 0 bridgehead atoms. The number of hydrogen-bond acceptors (Lipinski definition) is 2. The summed E-state index contributed by atoms with van der Waals surface area (Å²) in [6.45, 7) is -0.00193. The molecular formula is C49H27BN2S. The molecule has 0 saturated carbocycles. The minimum atomic E-state index is -0.453. The van der Waals surface area contributed by atoms with Crippen LogP contribution in [0.5, 0.6) is 0 Å². The van der Waals surface area contributed by atoms with Crippen LogP contribution >= 0.6 is 11.3 Å². The normalized spacial score (nSPS) is 14.9. The Hall–Kier alpha value is -6.36. The maximum atomic E-state index is 2.75. The summed E-state index contributed by atoms with van der Waals surface area (Å²) < 4.78 is 5.47. The number of anilines is 3. The third-order valence-electron chi connectivity index (χ3n) is 12.9. The van der Waals surface area contributed by atoms with Crippen molar-refractivity contribution in [3.05, 3.63) is 186 Å². The maximum Gasteiger partial charge on any atom is 0.333 e. The fraction of sp³-hybridized carbons (Fsp3) is 0.0204. The van der Waals surface area contributed by atoms with E-state index in [1.807, 2.05) is 11.3 Å². The third-order valence-corrected chi connectivity index (χ3v) is 14.1. The molecule has 53 heavy (non-hydrogen) atoms. The fourth-order valence-corrected chi connectivity index (χ4v) is 12.4. The molecule has 0 fully saturated rings. The largest absolute Gasteiger partial charge is 0.374 e. The highest BCUT2D eigenvalue weighted by Gasteiger charge is 2.55. The lowest BCUT2D eigenvalue weighted by Crippen LogP contribution is -2.58. The van der Waals surface area contributed by atoms with Crippen molar-refractivity contribution in [3.63, 3.8) is 0 Å². The molecule has 0 radical (unpaired) electrons. The number of nitrogens with zero attached hydrogens (tertiary/aromatic N) is 2. The second kappa shape index (κ2) is 9.16. The molecule has 14 rings (SSSR count). The van der Waals surface area contributed by atoms with E-state index in [1.54, 1.807) is 0 Å². The molecule has 0 amide bonds. The number of fused-ring (bicyclic) bond motifs is 20. The lowest BCUT2D eigenvalue weighted by atomic mass is 9.43. The monoisotopic (exact) mass is 686 g/mol. The molecule has 8 aromatic carbocycles. The van der Waals surface area contributed by atoms with E-state index in [0.717, 1.165) is 0 Å². The van der Waals surface area contributed by atoms with Gasteiger partial charge < -0.3 is 9.38 Å². The van der Waals surface area contributed by atoms with E-state index in [0.29, 0.717) is 0 Å². The highest BCUT2D eigenvalue weighted by molar-refractivity contribution is 7.27. The van der Waals surface area contributed by atoms with Crippen molar-refractivity contribution in [1.82, 2.24) is 4.48 Å². The van der Waals surface area contributed by atoms with Gasteiger partial charge in [-0.25, -0.2) is 0 Å². The van der Waals surface area contributed by atoms with Crippen molar-refractivity contribution in [2.24, 2.45) is 0 Å². The molecular weight excluding hydrogens is 659 g/mol. The van der Waals surface area contributed by atoms with Gasteiger partial charge in [0.2, 0.25) is 0 Å². The summed E-state index contributed by atoms with van der Waals surface area (Å²) in [5.74, 6) is 0. The average Bonchev–Trinajstić information content (AvgIpc) is 3.85. The van der Waals surface area contributed by atoms with Gasteiger partial charge in [0.05, 0.1) is 21.3 Å². The topological polar surface area (TPSA) is 8.17 Å². The molecule has 0 unspecified atom stereocenters. The Labute approximate surface area is 309 Å². The molecule has 242 valence electrons. The van der Waals surface area contributed by atoms with Gasteiger partial charge in [0.25, 0.3) is 0 Å². The second-order valence-corrected chi connectivity index (χ2v) is 16.1. The average molecular weight is 687 g/mol. The molecule has 0 saturated heterocycles. The molecule has 1 spiro atoms. The molecule has 5 heterocycles. The molecule has 2 nitrogen and oxygen atoms in total. The first kappa shape index (κ1) is 27.3. The SMILES string of the molecule is c1ccc2c(c1)-c1ccccc1C21c2ccccc2N2c3cc4ccccc4c4c3B(c3cccc1c32)n1c2c-4cccc2c2sc3ccccc3c21. The molecule has 2 aromatic heterocycles. The Morgan fingerprint density at radius 3 is 1.98 bits per heavy atom. The Balaban J connectivity index is 1.23. The number of benzene rings is 8. The lowest BCUT2D eigenvalue weighted by molar-refractivity contribution is 0.753. The smallest absolute Gasteiger partial charge is 0.333 e. The molecule has 1 aliphatic carbocycles. The summed E-state index contributed by atoms with van der Waals surface area (Å²) in [6.07, 6.45) is 0. The minimum Gasteiger partial charge on any atom is -0.374 e. The van der Waals surface area contributed by atoms with Crippen LogP contribution in [0.4, 0.5) is 17.1 Å². The van der Waals surface area contributed by atoms with E-state index in [2.05, 4.69) is 173 Å². The van der Waals surface area contributed by atoms with Crippen molar-refractivity contribution in [1.29, 1.82) is 0 Å². The first-order chi connectivity index (χ1) is 26.3. The predicted octanol–water partition coefficient (Wildman–Crippen LogP) is 11.3. The van der Waals surface area contributed by atoms with Gasteiger partial charge >= 0.3 is 6.85 Å². The zero-order chi connectivity index (χ0) is 34.2. The second-order valence-electron chi connectivity index (χ2n) is 15.1. The fourth-order valence-electron chi connectivity index (χ4n) is 11.2. The van der Waals surface area contributed by atoms with E-state index in [1.165, 1.54) is 114 Å². The third kappa shape index (κ3) is 2.92.